The lowest BCUT2D eigenvalue weighted by atomic mass is 10.1. The van der Waals surface area contributed by atoms with E-state index in [9.17, 15) is 20.0 Å². The van der Waals surface area contributed by atoms with Gasteiger partial charge in [-0.1, -0.05) is 6.07 Å². The molecule has 106 valence electrons. The Morgan fingerprint density at radius 1 is 1.35 bits per heavy atom. The van der Waals surface area contributed by atoms with Crippen LogP contribution in [0.15, 0.2) is 18.2 Å². The molecule has 0 saturated carbocycles. The lowest BCUT2D eigenvalue weighted by molar-refractivity contribution is -0.384. The van der Waals surface area contributed by atoms with E-state index in [1.54, 1.807) is 4.90 Å². The molecule has 0 amide bonds. The van der Waals surface area contributed by atoms with Crippen molar-refractivity contribution in [1.82, 2.24) is 0 Å². The normalized spacial score (nSPS) is 24.7. The van der Waals surface area contributed by atoms with Gasteiger partial charge in [0.25, 0.3) is 5.69 Å². The average molecular weight is 278 g/mol. The first-order valence-electron chi connectivity index (χ1n) is 6.47. The summed E-state index contributed by atoms with van der Waals surface area (Å²) in [4.78, 5) is 23.8. The molecule has 1 N–H and O–H groups in total. The van der Waals surface area contributed by atoms with Crippen LogP contribution in [-0.4, -0.2) is 41.3 Å². The first-order chi connectivity index (χ1) is 9.56. The number of morpholine rings is 1. The van der Waals surface area contributed by atoms with Crippen molar-refractivity contribution in [1.29, 1.82) is 0 Å². The number of fused-ring (bicyclic) bond motifs is 2. The number of ether oxygens (including phenoxy) is 1. The molecule has 0 radical (unpaired) electrons. The maximum atomic E-state index is 11.3. The number of para-hydroxylation sites is 1. The van der Waals surface area contributed by atoms with Crippen LogP contribution in [0.3, 0.4) is 0 Å². The molecule has 2 aliphatic heterocycles. The van der Waals surface area contributed by atoms with Gasteiger partial charge in [0, 0.05) is 19.2 Å². The molecule has 2 aliphatic rings. The predicted octanol–water partition coefficient (Wildman–Crippen LogP) is 1.66. The van der Waals surface area contributed by atoms with E-state index in [0.717, 1.165) is 12.8 Å². The molecule has 1 aromatic rings. The van der Waals surface area contributed by atoms with Gasteiger partial charge in [0.05, 0.1) is 22.7 Å². The van der Waals surface area contributed by atoms with Crippen molar-refractivity contribution in [2.24, 2.45) is 0 Å². The Labute approximate surface area is 114 Å². The zero-order valence-corrected chi connectivity index (χ0v) is 10.7. The molecule has 20 heavy (non-hydrogen) atoms. The van der Waals surface area contributed by atoms with Crippen LogP contribution in [0, 0.1) is 10.1 Å². The quantitative estimate of drug-likeness (QED) is 0.667. The number of nitro benzene ring substituents is 1. The van der Waals surface area contributed by atoms with E-state index >= 15 is 0 Å². The Kier molecular flexibility index (Phi) is 3.06. The van der Waals surface area contributed by atoms with Crippen LogP contribution >= 0.6 is 0 Å². The molecule has 1 aromatic carbocycles. The lowest BCUT2D eigenvalue weighted by Crippen LogP contribution is -2.43. The second-order valence-electron chi connectivity index (χ2n) is 5.10. The fourth-order valence-electron chi connectivity index (χ4n) is 2.98. The Morgan fingerprint density at radius 2 is 2.00 bits per heavy atom. The van der Waals surface area contributed by atoms with Crippen LogP contribution in [0.5, 0.6) is 0 Å². The summed E-state index contributed by atoms with van der Waals surface area (Å²) in [6, 6.07) is 4.15. The fraction of sp³-hybridized carbons (Fsp3) is 0.462. The molecule has 2 heterocycles. The minimum atomic E-state index is -1.15. The van der Waals surface area contributed by atoms with E-state index < -0.39 is 10.9 Å². The highest BCUT2D eigenvalue weighted by Crippen LogP contribution is 2.37. The summed E-state index contributed by atoms with van der Waals surface area (Å²) in [5.41, 5.74) is 0.0110. The van der Waals surface area contributed by atoms with E-state index in [-0.39, 0.29) is 29.1 Å². The van der Waals surface area contributed by atoms with Crippen LogP contribution in [0.1, 0.15) is 23.2 Å². The van der Waals surface area contributed by atoms with Crippen LogP contribution < -0.4 is 4.90 Å². The van der Waals surface area contributed by atoms with Gasteiger partial charge in [-0.05, 0) is 18.9 Å². The molecule has 2 unspecified atom stereocenters. The first-order valence-corrected chi connectivity index (χ1v) is 6.47. The first kappa shape index (κ1) is 12.9. The highest BCUT2D eigenvalue weighted by molar-refractivity contribution is 5.97. The van der Waals surface area contributed by atoms with Gasteiger partial charge in [0.1, 0.15) is 5.69 Å². The molecule has 0 aromatic heterocycles. The number of anilines is 1. The Bertz CT molecular complexity index is 530. The summed E-state index contributed by atoms with van der Waals surface area (Å²) >= 11 is 0. The molecule has 2 atom stereocenters. The number of nitrogens with zero attached hydrogens (tertiary/aromatic N) is 2. The number of nitro groups is 1. The Hall–Kier alpha value is -2.15. The molecule has 0 spiro atoms. The second-order valence-corrected chi connectivity index (χ2v) is 5.10. The molecular formula is C13H14N2O5. The van der Waals surface area contributed by atoms with Gasteiger partial charge >= 0.3 is 5.97 Å². The third kappa shape index (κ3) is 2.09. The highest BCUT2D eigenvalue weighted by atomic mass is 16.6. The van der Waals surface area contributed by atoms with Gasteiger partial charge in [0.15, 0.2) is 0 Å². The summed E-state index contributed by atoms with van der Waals surface area (Å²) in [5.74, 6) is -1.15. The molecule has 7 nitrogen and oxygen atoms in total. The third-order valence-corrected chi connectivity index (χ3v) is 3.80. The van der Waals surface area contributed by atoms with E-state index in [2.05, 4.69) is 0 Å². The Balaban J connectivity index is 2.06. The standard InChI is InChI=1S/C13H14N2O5/c16-13(17)10-2-1-3-11(15(18)19)12(10)14-6-8-4-5-9(7-14)20-8/h1-3,8-9H,4-7H2,(H,16,17). The molecular weight excluding hydrogens is 264 g/mol. The van der Waals surface area contributed by atoms with Crippen molar-refractivity contribution in [2.45, 2.75) is 25.0 Å². The number of carbonyl (C=O) groups is 1. The summed E-state index contributed by atoms with van der Waals surface area (Å²) in [6.07, 6.45) is 1.92. The van der Waals surface area contributed by atoms with Gasteiger partial charge in [-0.2, -0.15) is 0 Å². The zero-order chi connectivity index (χ0) is 14.3. The average Bonchev–Trinajstić information content (AvgIpc) is 2.76. The van der Waals surface area contributed by atoms with Crippen molar-refractivity contribution in [3.05, 3.63) is 33.9 Å². The number of aromatic carboxylic acids is 1. The van der Waals surface area contributed by atoms with Gasteiger partial charge in [0.2, 0.25) is 0 Å². The number of carboxylic acids is 1. The molecule has 2 saturated heterocycles. The van der Waals surface area contributed by atoms with Crippen molar-refractivity contribution >= 4 is 17.3 Å². The minimum Gasteiger partial charge on any atom is -0.478 e. The number of benzene rings is 1. The predicted molar refractivity (Wildman–Crippen MR) is 70.2 cm³/mol. The van der Waals surface area contributed by atoms with Gasteiger partial charge in [-0.15, -0.1) is 0 Å². The van der Waals surface area contributed by atoms with Crippen molar-refractivity contribution in [3.63, 3.8) is 0 Å². The molecule has 3 rings (SSSR count). The maximum Gasteiger partial charge on any atom is 0.338 e. The van der Waals surface area contributed by atoms with Gasteiger partial charge in [-0.3, -0.25) is 10.1 Å². The summed E-state index contributed by atoms with van der Waals surface area (Å²) < 4.78 is 5.69. The molecule has 2 bridgehead atoms. The van der Waals surface area contributed by atoms with Crippen molar-refractivity contribution in [2.75, 3.05) is 18.0 Å². The van der Waals surface area contributed by atoms with Crippen LogP contribution in [0.2, 0.25) is 0 Å². The SMILES string of the molecule is O=C(O)c1cccc([N+](=O)[O-])c1N1CC2CCC(C1)O2. The van der Waals surface area contributed by atoms with Gasteiger partial charge < -0.3 is 14.7 Å². The van der Waals surface area contributed by atoms with Crippen molar-refractivity contribution in [3.8, 4) is 0 Å². The van der Waals surface area contributed by atoms with E-state index in [1.807, 2.05) is 0 Å². The van der Waals surface area contributed by atoms with E-state index in [0.29, 0.717) is 13.1 Å². The molecule has 7 heteroatoms. The summed E-state index contributed by atoms with van der Waals surface area (Å²) in [7, 11) is 0. The summed E-state index contributed by atoms with van der Waals surface area (Å²) in [6.45, 7) is 1.00. The monoisotopic (exact) mass is 278 g/mol. The smallest absolute Gasteiger partial charge is 0.338 e. The second kappa shape index (κ2) is 4.75. The van der Waals surface area contributed by atoms with Crippen molar-refractivity contribution < 1.29 is 19.6 Å². The zero-order valence-electron chi connectivity index (χ0n) is 10.7. The summed E-state index contributed by atoms with van der Waals surface area (Å²) in [5, 5.41) is 20.4. The molecule has 0 aliphatic carbocycles. The number of hydrogen-bond acceptors (Lipinski definition) is 5. The topological polar surface area (TPSA) is 92.9 Å². The minimum absolute atomic E-state index is 0.0273. The fourth-order valence-corrected chi connectivity index (χ4v) is 2.98. The van der Waals surface area contributed by atoms with Gasteiger partial charge in [-0.25, -0.2) is 4.79 Å². The molecule has 2 fully saturated rings. The van der Waals surface area contributed by atoms with E-state index in [1.165, 1.54) is 18.2 Å². The maximum absolute atomic E-state index is 11.3. The number of rotatable bonds is 3. The Morgan fingerprint density at radius 3 is 2.55 bits per heavy atom. The third-order valence-electron chi connectivity index (χ3n) is 3.80. The number of carboxylic acid groups (broad SMARTS) is 1. The largest absolute Gasteiger partial charge is 0.478 e. The van der Waals surface area contributed by atoms with Crippen LogP contribution in [-0.2, 0) is 4.74 Å². The van der Waals surface area contributed by atoms with Crippen LogP contribution in [0.4, 0.5) is 11.4 Å². The van der Waals surface area contributed by atoms with E-state index in [4.69, 9.17) is 4.74 Å². The number of hydrogen-bond donors (Lipinski definition) is 1. The van der Waals surface area contributed by atoms with Crippen LogP contribution in [0.25, 0.3) is 0 Å². The highest BCUT2D eigenvalue weighted by Gasteiger charge is 2.37. The lowest BCUT2D eigenvalue weighted by Gasteiger charge is -2.34.